The van der Waals surface area contributed by atoms with Crippen LogP contribution in [0.15, 0.2) is 29.6 Å². The Balaban J connectivity index is 2.28. The van der Waals surface area contributed by atoms with Crippen LogP contribution in [0.2, 0.25) is 0 Å². The molecule has 1 aromatic carbocycles. The van der Waals surface area contributed by atoms with Gasteiger partial charge in [0.05, 0.1) is 13.4 Å². The Labute approximate surface area is 126 Å². The number of hydrogen-bond donors (Lipinski definition) is 1. The molecule has 1 amide bonds. The number of hydrogen-bond acceptors (Lipinski definition) is 4. The minimum atomic E-state index is -0.500. The highest BCUT2D eigenvalue weighted by atomic mass is 127. The van der Waals surface area contributed by atoms with Gasteiger partial charge in [-0.15, -0.1) is 11.3 Å². The lowest BCUT2D eigenvalue weighted by Gasteiger charge is -2.05. The second-order valence-electron chi connectivity index (χ2n) is 3.87. The molecule has 2 aromatic rings. The van der Waals surface area contributed by atoms with Crippen LogP contribution in [0.4, 0.5) is 11.4 Å². The van der Waals surface area contributed by atoms with Gasteiger partial charge in [0.15, 0.2) is 0 Å². The zero-order chi connectivity index (χ0) is 14.0. The summed E-state index contributed by atoms with van der Waals surface area (Å²) in [4.78, 5) is 22.4. The van der Waals surface area contributed by atoms with Crippen molar-refractivity contribution in [2.75, 3.05) is 5.32 Å². The molecule has 0 aliphatic carbocycles. The number of anilines is 1. The van der Waals surface area contributed by atoms with Gasteiger partial charge in [0.1, 0.15) is 5.69 Å². The summed E-state index contributed by atoms with van der Waals surface area (Å²) in [6, 6.07) is 6.44. The molecule has 0 aliphatic heterocycles. The molecular weight excluding hydrogens is 379 g/mol. The SMILES string of the molecule is Cc1ccc(NC(=O)c2csc(I)c2)c([N+](=O)[O-])c1. The van der Waals surface area contributed by atoms with E-state index in [1.54, 1.807) is 30.5 Å². The first kappa shape index (κ1) is 13.9. The summed E-state index contributed by atoms with van der Waals surface area (Å²) in [5, 5.41) is 15.2. The standard InChI is InChI=1S/C12H9IN2O3S/c1-7-2-3-9(10(4-7)15(17)18)14-12(16)8-5-11(13)19-6-8/h2-6H,1H3,(H,14,16). The number of aryl methyl sites for hydroxylation is 1. The summed E-state index contributed by atoms with van der Waals surface area (Å²) in [7, 11) is 0. The number of nitrogens with zero attached hydrogens (tertiary/aromatic N) is 1. The monoisotopic (exact) mass is 388 g/mol. The van der Waals surface area contributed by atoms with Crippen molar-refractivity contribution in [1.82, 2.24) is 0 Å². The molecule has 0 saturated heterocycles. The number of benzene rings is 1. The maximum atomic E-state index is 12.0. The summed E-state index contributed by atoms with van der Waals surface area (Å²) in [5.74, 6) is -0.342. The predicted molar refractivity (Wildman–Crippen MR) is 82.8 cm³/mol. The molecule has 0 spiro atoms. The Morgan fingerprint density at radius 2 is 2.16 bits per heavy atom. The van der Waals surface area contributed by atoms with Gasteiger partial charge in [-0.05, 0) is 47.2 Å². The van der Waals surface area contributed by atoms with Crippen molar-refractivity contribution in [3.8, 4) is 0 Å². The lowest BCUT2D eigenvalue weighted by molar-refractivity contribution is -0.384. The molecule has 5 nitrogen and oxygen atoms in total. The Kier molecular flexibility index (Phi) is 4.15. The number of nitro groups is 1. The molecular formula is C12H9IN2O3S. The zero-order valence-corrected chi connectivity index (χ0v) is 12.8. The van der Waals surface area contributed by atoms with Crippen molar-refractivity contribution < 1.29 is 9.72 Å². The highest BCUT2D eigenvalue weighted by Crippen LogP contribution is 2.26. The molecule has 0 fully saturated rings. The Hall–Kier alpha value is -1.48. The summed E-state index contributed by atoms with van der Waals surface area (Å²) < 4.78 is 0.987. The van der Waals surface area contributed by atoms with Crippen LogP contribution in [0.3, 0.4) is 0 Å². The highest BCUT2D eigenvalue weighted by Gasteiger charge is 2.17. The number of carbonyl (C=O) groups excluding carboxylic acids is 1. The van der Waals surface area contributed by atoms with Crippen LogP contribution < -0.4 is 5.32 Å². The molecule has 1 N–H and O–H groups in total. The van der Waals surface area contributed by atoms with Gasteiger partial charge >= 0.3 is 0 Å². The van der Waals surface area contributed by atoms with E-state index in [1.165, 1.54) is 17.4 Å². The van der Waals surface area contributed by atoms with Gasteiger partial charge in [-0.25, -0.2) is 0 Å². The summed E-state index contributed by atoms with van der Waals surface area (Å²) in [6.07, 6.45) is 0. The van der Waals surface area contributed by atoms with Gasteiger partial charge in [-0.1, -0.05) is 6.07 Å². The van der Waals surface area contributed by atoms with Gasteiger partial charge in [-0.3, -0.25) is 14.9 Å². The normalized spacial score (nSPS) is 10.2. The van der Waals surface area contributed by atoms with Crippen LogP contribution >= 0.6 is 33.9 Å². The zero-order valence-electron chi connectivity index (χ0n) is 9.84. The van der Waals surface area contributed by atoms with Gasteiger partial charge < -0.3 is 5.32 Å². The first-order chi connectivity index (χ1) is 8.97. The molecule has 7 heteroatoms. The molecule has 19 heavy (non-hydrogen) atoms. The van der Waals surface area contributed by atoms with Crippen LogP contribution in [-0.2, 0) is 0 Å². The van der Waals surface area contributed by atoms with Gasteiger partial charge in [0, 0.05) is 11.4 Å². The maximum absolute atomic E-state index is 12.0. The van der Waals surface area contributed by atoms with Crippen molar-refractivity contribution in [2.24, 2.45) is 0 Å². The quantitative estimate of drug-likeness (QED) is 0.494. The number of nitrogens with one attached hydrogen (secondary N) is 1. The molecule has 0 saturated carbocycles. The number of thiophene rings is 1. The fourth-order valence-electron chi connectivity index (χ4n) is 1.52. The fraction of sp³-hybridized carbons (Fsp3) is 0.0833. The van der Waals surface area contributed by atoms with Crippen molar-refractivity contribution in [1.29, 1.82) is 0 Å². The number of rotatable bonds is 3. The lowest BCUT2D eigenvalue weighted by atomic mass is 10.2. The molecule has 0 aliphatic rings. The Morgan fingerprint density at radius 1 is 1.42 bits per heavy atom. The number of amides is 1. The second kappa shape index (κ2) is 5.66. The number of nitro benzene ring substituents is 1. The van der Waals surface area contributed by atoms with Gasteiger partial charge in [-0.2, -0.15) is 0 Å². The minimum absolute atomic E-state index is 0.0988. The smallest absolute Gasteiger partial charge is 0.293 e. The van der Waals surface area contributed by atoms with Crippen molar-refractivity contribution in [2.45, 2.75) is 6.92 Å². The van der Waals surface area contributed by atoms with Crippen molar-refractivity contribution in [3.63, 3.8) is 0 Å². The summed E-state index contributed by atoms with van der Waals surface area (Å²) in [5.41, 5.74) is 1.39. The fourth-order valence-corrected chi connectivity index (χ4v) is 2.85. The first-order valence-electron chi connectivity index (χ1n) is 5.28. The van der Waals surface area contributed by atoms with Crippen molar-refractivity contribution >= 4 is 51.2 Å². The van der Waals surface area contributed by atoms with E-state index in [4.69, 9.17) is 0 Å². The molecule has 98 valence electrons. The second-order valence-corrected chi connectivity index (χ2v) is 6.68. The summed E-state index contributed by atoms with van der Waals surface area (Å²) in [6.45, 7) is 1.76. The Bertz CT molecular complexity index is 654. The molecule has 1 heterocycles. The lowest BCUT2D eigenvalue weighted by Crippen LogP contribution is -2.12. The molecule has 0 unspecified atom stereocenters. The average molecular weight is 388 g/mol. The van der Waals surface area contributed by atoms with E-state index in [1.807, 2.05) is 0 Å². The van der Waals surface area contributed by atoms with E-state index in [9.17, 15) is 14.9 Å². The molecule has 2 rings (SSSR count). The maximum Gasteiger partial charge on any atom is 0.293 e. The average Bonchev–Trinajstić information content (AvgIpc) is 2.78. The van der Waals surface area contributed by atoms with Gasteiger partial charge in [0.2, 0.25) is 0 Å². The van der Waals surface area contributed by atoms with E-state index >= 15 is 0 Å². The van der Waals surface area contributed by atoms with Crippen LogP contribution in [0.25, 0.3) is 0 Å². The topological polar surface area (TPSA) is 72.2 Å². The van der Waals surface area contributed by atoms with E-state index in [-0.39, 0.29) is 17.3 Å². The molecule has 0 atom stereocenters. The Morgan fingerprint density at radius 3 is 2.74 bits per heavy atom. The third-order valence-corrected chi connectivity index (χ3v) is 4.22. The molecule has 1 aromatic heterocycles. The van der Waals surface area contributed by atoms with E-state index in [2.05, 4.69) is 27.9 Å². The molecule has 0 radical (unpaired) electrons. The number of halogens is 1. The van der Waals surface area contributed by atoms with E-state index in [0.717, 1.165) is 8.45 Å². The third kappa shape index (κ3) is 3.29. The predicted octanol–water partition coefficient (Wildman–Crippen LogP) is 3.82. The van der Waals surface area contributed by atoms with Crippen LogP contribution in [0.1, 0.15) is 15.9 Å². The first-order valence-corrected chi connectivity index (χ1v) is 7.23. The van der Waals surface area contributed by atoms with Crippen molar-refractivity contribution in [3.05, 3.63) is 53.8 Å². The van der Waals surface area contributed by atoms with Crippen LogP contribution in [0, 0.1) is 19.9 Å². The molecule has 0 bridgehead atoms. The van der Waals surface area contributed by atoms with Gasteiger partial charge in [0.25, 0.3) is 11.6 Å². The third-order valence-electron chi connectivity index (χ3n) is 2.43. The number of carbonyl (C=O) groups is 1. The van der Waals surface area contributed by atoms with E-state index in [0.29, 0.717) is 5.56 Å². The largest absolute Gasteiger partial charge is 0.316 e. The summed E-state index contributed by atoms with van der Waals surface area (Å²) >= 11 is 3.57. The minimum Gasteiger partial charge on any atom is -0.316 e. The van der Waals surface area contributed by atoms with Crippen LogP contribution in [-0.4, -0.2) is 10.8 Å². The van der Waals surface area contributed by atoms with Crippen LogP contribution in [0.5, 0.6) is 0 Å². The highest BCUT2D eigenvalue weighted by molar-refractivity contribution is 14.1. The van der Waals surface area contributed by atoms with E-state index < -0.39 is 4.92 Å².